The molecule has 0 aliphatic heterocycles. The van der Waals surface area contributed by atoms with E-state index >= 15 is 0 Å². The SMILES string of the molecule is NCCCCNS(=O)(=O)c1cnc(Cl)nc1. The largest absolute Gasteiger partial charge is 0.330 e. The van der Waals surface area contributed by atoms with Crippen molar-refractivity contribution in [3.8, 4) is 0 Å². The van der Waals surface area contributed by atoms with Crippen LogP contribution in [0.5, 0.6) is 0 Å². The van der Waals surface area contributed by atoms with Gasteiger partial charge in [0.15, 0.2) is 0 Å². The molecule has 0 fully saturated rings. The molecule has 16 heavy (non-hydrogen) atoms. The molecule has 3 N–H and O–H groups in total. The van der Waals surface area contributed by atoms with Crippen molar-refractivity contribution in [2.75, 3.05) is 13.1 Å². The van der Waals surface area contributed by atoms with Crippen LogP contribution in [0.15, 0.2) is 17.3 Å². The minimum atomic E-state index is -3.53. The number of nitrogens with zero attached hydrogens (tertiary/aromatic N) is 2. The number of nitrogens with two attached hydrogens (primary N) is 1. The Morgan fingerprint density at radius 2 is 1.94 bits per heavy atom. The Kier molecular flexibility index (Phi) is 5.07. The number of unbranched alkanes of at least 4 members (excludes halogenated alkanes) is 1. The van der Waals surface area contributed by atoms with Crippen LogP contribution in [0.4, 0.5) is 0 Å². The van der Waals surface area contributed by atoms with Crippen molar-refractivity contribution >= 4 is 21.6 Å². The lowest BCUT2D eigenvalue weighted by molar-refractivity contribution is 0.576. The van der Waals surface area contributed by atoms with Gasteiger partial charge in [-0.2, -0.15) is 0 Å². The summed E-state index contributed by atoms with van der Waals surface area (Å²) in [4.78, 5) is 7.21. The zero-order chi connectivity index (χ0) is 12.0. The lowest BCUT2D eigenvalue weighted by atomic mass is 10.3. The van der Waals surface area contributed by atoms with Crippen molar-refractivity contribution in [1.82, 2.24) is 14.7 Å². The summed E-state index contributed by atoms with van der Waals surface area (Å²) in [6.45, 7) is 0.897. The van der Waals surface area contributed by atoms with E-state index in [9.17, 15) is 8.42 Å². The number of nitrogens with one attached hydrogen (secondary N) is 1. The fourth-order valence-electron chi connectivity index (χ4n) is 0.998. The maximum atomic E-state index is 11.6. The molecule has 0 bridgehead atoms. The monoisotopic (exact) mass is 264 g/mol. The average molecular weight is 265 g/mol. The molecule has 0 atom stereocenters. The first-order valence-corrected chi connectivity index (χ1v) is 6.59. The second-order valence-corrected chi connectivity index (χ2v) is 5.19. The zero-order valence-electron chi connectivity index (χ0n) is 8.56. The van der Waals surface area contributed by atoms with Gasteiger partial charge >= 0.3 is 0 Å². The predicted molar refractivity (Wildman–Crippen MR) is 60.5 cm³/mol. The van der Waals surface area contributed by atoms with E-state index in [-0.39, 0.29) is 10.2 Å². The van der Waals surface area contributed by atoms with Crippen LogP contribution in [-0.2, 0) is 10.0 Å². The summed E-state index contributed by atoms with van der Waals surface area (Å²) in [6.07, 6.45) is 3.81. The number of halogens is 1. The van der Waals surface area contributed by atoms with Gasteiger partial charge < -0.3 is 5.73 Å². The van der Waals surface area contributed by atoms with Crippen molar-refractivity contribution in [2.24, 2.45) is 5.73 Å². The summed E-state index contributed by atoms with van der Waals surface area (Å²) in [7, 11) is -3.53. The maximum absolute atomic E-state index is 11.6. The van der Waals surface area contributed by atoms with Gasteiger partial charge in [0.05, 0.1) is 12.4 Å². The Hall–Kier alpha value is -0.760. The fraction of sp³-hybridized carbons (Fsp3) is 0.500. The van der Waals surface area contributed by atoms with Crippen LogP contribution < -0.4 is 10.5 Å². The molecular weight excluding hydrogens is 252 g/mol. The van der Waals surface area contributed by atoms with Gasteiger partial charge in [-0.1, -0.05) is 0 Å². The van der Waals surface area contributed by atoms with Gasteiger partial charge in [0, 0.05) is 6.54 Å². The Bertz CT molecular complexity index is 420. The number of hydrogen-bond acceptors (Lipinski definition) is 5. The average Bonchev–Trinajstić information content (AvgIpc) is 2.25. The second-order valence-electron chi connectivity index (χ2n) is 3.08. The van der Waals surface area contributed by atoms with Gasteiger partial charge in [-0.05, 0) is 31.0 Å². The van der Waals surface area contributed by atoms with E-state index in [0.717, 1.165) is 6.42 Å². The summed E-state index contributed by atoms with van der Waals surface area (Å²) < 4.78 is 25.7. The van der Waals surface area contributed by atoms with Crippen LogP contribution >= 0.6 is 11.6 Å². The molecule has 0 radical (unpaired) electrons. The van der Waals surface area contributed by atoms with Crippen LogP contribution in [0.2, 0.25) is 5.28 Å². The molecule has 0 unspecified atom stereocenters. The predicted octanol–water partition coefficient (Wildman–Crippen LogP) is 0.147. The van der Waals surface area contributed by atoms with Gasteiger partial charge in [0.2, 0.25) is 15.3 Å². The van der Waals surface area contributed by atoms with Crippen LogP contribution in [-0.4, -0.2) is 31.5 Å². The van der Waals surface area contributed by atoms with E-state index in [4.69, 9.17) is 17.3 Å². The normalized spacial score (nSPS) is 11.6. The molecule has 1 heterocycles. The van der Waals surface area contributed by atoms with Gasteiger partial charge in [0.1, 0.15) is 4.90 Å². The minimum absolute atomic E-state index is 0.00430. The lowest BCUT2D eigenvalue weighted by Gasteiger charge is -2.05. The molecule has 0 aromatic carbocycles. The summed E-state index contributed by atoms with van der Waals surface area (Å²) in [5.41, 5.74) is 5.29. The fourth-order valence-corrected chi connectivity index (χ4v) is 2.06. The Balaban J connectivity index is 2.60. The van der Waals surface area contributed by atoms with Crippen molar-refractivity contribution in [1.29, 1.82) is 0 Å². The van der Waals surface area contributed by atoms with Crippen molar-refractivity contribution in [2.45, 2.75) is 17.7 Å². The summed E-state index contributed by atoms with van der Waals surface area (Å²) in [5.74, 6) is 0. The third-order valence-corrected chi connectivity index (χ3v) is 3.44. The maximum Gasteiger partial charge on any atom is 0.243 e. The molecule has 8 heteroatoms. The number of aromatic nitrogens is 2. The van der Waals surface area contributed by atoms with Crippen LogP contribution in [0.3, 0.4) is 0 Å². The zero-order valence-corrected chi connectivity index (χ0v) is 10.1. The third-order valence-electron chi connectivity index (χ3n) is 1.83. The Morgan fingerprint density at radius 1 is 1.31 bits per heavy atom. The number of rotatable bonds is 6. The number of sulfonamides is 1. The summed E-state index contributed by atoms with van der Waals surface area (Å²) in [6, 6.07) is 0. The van der Waals surface area contributed by atoms with E-state index in [1.807, 2.05) is 0 Å². The van der Waals surface area contributed by atoms with Crippen LogP contribution in [0.1, 0.15) is 12.8 Å². The molecule has 0 spiro atoms. The van der Waals surface area contributed by atoms with E-state index in [2.05, 4.69) is 14.7 Å². The molecule has 1 aromatic rings. The highest BCUT2D eigenvalue weighted by molar-refractivity contribution is 7.89. The first-order chi connectivity index (χ1) is 7.56. The topological polar surface area (TPSA) is 98.0 Å². The lowest BCUT2D eigenvalue weighted by Crippen LogP contribution is -2.25. The molecule has 1 aromatic heterocycles. The molecule has 90 valence electrons. The van der Waals surface area contributed by atoms with E-state index in [1.165, 1.54) is 12.4 Å². The van der Waals surface area contributed by atoms with Crippen molar-refractivity contribution < 1.29 is 8.42 Å². The minimum Gasteiger partial charge on any atom is -0.330 e. The van der Waals surface area contributed by atoms with Crippen molar-refractivity contribution in [3.05, 3.63) is 17.7 Å². The highest BCUT2D eigenvalue weighted by Gasteiger charge is 2.13. The molecule has 0 saturated carbocycles. The van der Waals surface area contributed by atoms with Gasteiger partial charge in [-0.15, -0.1) is 0 Å². The van der Waals surface area contributed by atoms with Gasteiger partial charge in [-0.3, -0.25) is 0 Å². The van der Waals surface area contributed by atoms with Crippen LogP contribution in [0.25, 0.3) is 0 Å². The Labute approximate surface area is 99.3 Å². The van der Waals surface area contributed by atoms with Gasteiger partial charge in [0.25, 0.3) is 0 Å². The Morgan fingerprint density at radius 3 is 2.50 bits per heavy atom. The molecule has 1 rings (SSSR count). The molecule has 6 nitrogen and oxygen atoms in total. The summed E-state index contributed by atoms with van der Waals surface area (Å²) >= 11 is 5.46. The molecular formula is C8H13ClN4O2S. The number of hydrogen-bond donors (Lipinski definition) is 2. The molecule has 0 amide bonds. The highest BCUT2D eigenvalue weighted by Crippen LogP contribution is 2.07. The third kappa shape index (κ3) is 4.01. The van der Waals surface area contributed by atoms with E-state index < -0.39 is 10.0 Å². The summed E-state index contributed by atoms with van der Waals surface area (Å²) in [5, 5.41) is 0.0158. The van der Waals surface area contributed by atoms with Gasteiger partial charge in [-0.25, -0.2) is 23.1 Å². The molecule has 0 saturated heterocycles. The van der Waals surface area contributed by atoms with E-state index in [1.54, 1.807) is 0 Å². The molecule has 0 aliphatic carbocycles. The van der Waals surface area contributed by atoms with Crippen molar-refractivity contribution in [3.63, 3.8) is 0 Å². The van der Waals surface area contributed by atoms with E-state index in [0.29, 0.717) is 19.5 Å². The first-order valence-electron chi connectivity index (χ1n) is 4.73. The first kappa shape index (κ1) is 13.3. The second kappa shape index (κ2) is 6.09. The molecule has 0 aliphatic rings. The highest BCUT2D eigenvalue weighted by atomic mass is 35.5. The standard InChI is InChI=1S/C8H13ClN4O2S/c9-8-11-5-7(6-12-8)16(14,15)13-4-2-1-3-10/h5-6,13H,1-4,10H2. The smallest absolute Gasteiger partial charge is 0.243 e. The van der Waals surface area contributed by atoms with Crippen LogP contribution in [0, 0.1) is 0 Å². The quantitative estimate of drug-likeness (QED) is 0.563.